The van der Waals surface area contributed by atoms with Gasteiger partial charge in [-0.2, -0.15) is 0 Å². The molecule has 0 aliphatic carbocycles. The van der Waals surface area contributed by atoms with Crippen LogP contribution in [-0.2, 0) is 16.0 Å². The summed E-state index contributed by atoms with van der Waals surface area (Å²) in [5.74, 6) is -3.16. The lowest BCUT2D eigenvalue weighted by Crippen LogP contribution is -2.29. The number of benzene rings is 2. The van der Waals surface area contributed by atoms with Crippen LogP contribution in [0.15, 0.2) is 46.3 Å². The summed E-state index contributed by atoms with van der Waals surface area (Å²) in [5, 5.41) is -0.179. The average molecular weight is 489 g/mol. The fraction of sp³-hybridized carbons (Fsp3) is 0.333. The van der Waals surface area contributed by atoms with Crippen molar-refractivity contribution in [2.45, 2.75) is 42.8 Å². The summed E-state index contributed by atoms with van der Waals surface area (Å²) in [6.07, 6.45) is 1.51. The highest BCUT2D eigenvalue weighted by Gasteiger charge is 2.24. The number of carbonyl (C=O) groups is 2. The number of Topliss-reactive ketones (excluding diaryl/α,β-unsaturated/α-hetero) is 1. The Morgan fingerprint density at radius 2 is 1.97 bits per heavy atom. The van der Waals surface area contributed by atoms with E-state index in [0.29, 0.717) is 12.0 Å². The van der Waals surface area contributed by atoms with Crippen LogP contribution in [0.4, 0.5) is 8.78 Å². The number of halogens is 2. The highest BCUT2D eigenvalue weighted by atomic mass is 32.2. The topological polar surface area (TPSA) is 87.5 Å². The molecular formula is C24H22F2N2O5S. The molecule has 0 N–H and O–H groups in total. The zero-order chi connectivity index (χ0) is 24.4. The van der Waals surface area contributed by atoms with Gasteiger partial charge in [0.2, 0.25) is 0 Å². The maximum Gasteiger partial charge on any atom is 0.337 e. The number of carbonyl (C=O) groups excluding carboxylic acids is 2. The van der Waals surface area contributed by atoms with Crippen LogP contribution in [0.1, 0.15) is 40.5 Å². The first-order valence-electron chi connectivity index (χ1n) is 10.7. The van der Waals surface area contributed by atoms with Crippen molar-refractivity contribution in [1.82, 2.24) is 9.55 Å². The molecule has 0 bridgehead atoms. The first-order chi connectivity index (χ1) is 16.3. The van der Waals surface area contributed by atoms with E-state index in [2.05, 4.69) is 4.98 Å². The van der Waals surface area contributed by atoms with E-state index >= 15 is 0 Å². The molecule has 1 aliphatic heterocycles. The number of esters is 1. The Kier molecular flexibility index (Phi) is 7.08. The van der Waals surface area contributed by atoms with Gasteiger partial charge in [-0.05, 0) is 56.2 Å². The molecule has 7 nitrogen and oxygen atoms in total. The molecule has 2 atom stereocenters. The molecule has 2 aromatic carbocycles. The molecule has 0 spiro atoms. The molecule has 2 unspecified atom stereocenters. The summed E-state index contributed by atoms with van der Waals surface area (Å²) in [6, 6.07) is 7.45. The Morgan fingerprint density at radius 3 is 2.65 bits per heavy atom. The van der Waals surface area contributed by atoms with E-state index in [0.717, 1.165) is 36.7 Å². The first-order valence-corrected chi connectivity index (χ1v) is 11.6. The molecule has 178 valence electrons. The van der Waals surface area contributed by atoms with Crippen molar-refractivity contribution in [2.75, 3.05) is 13.7 Å². The van der Waals surface area contributed by atoms with Gasteiger partial charge in [0.15, 0.2) is 22.6 Å². The second kappa shape index (κ2) is 10.0. The minimum atomic E-state index is -1.11. The molecular weight excluding hydrogens is 466 g/mol. The number of hydrogen-bond acceptors (Lipinski definition) is 7. The molecule has 34 heavy (non-hydrogen) atoms. The van der Waals surface area contributed by atoms with E-state index in [9.17, 15) is 23.2 Å². The summed E-state index contributed by atoms with van der Waals surface area (Å²) in [4.78, 5) is 42.8. The summed E-state index contributed by atoms with van der Waals surface area (Å²) < 4.78 is 38.8. The van der Waals surface area contributed by atoms with Crippen molar-refractivity contribution >= 4 is 34.4 Å². The van der Waals surface area contributed by atoms with E-state index in [4.69, 9.17) is 9.47 Å². The van der Waals surface area contributed by atoms with Crippen molar-refractivity contribution < 1.29 is 27.8 Å². The van der Waals surface area contributed by atoms with Crippen LogP contribution < -0.4 is 5.56 Å². The third-order valence-corrected chi connectivity index (χ3v) is 6.70. The number of ketones is 1. The van der Waals surface area contributed by atoms with Gasteiger partial charge in [0.05, 0.1) is 41.5 Å². The SMILES string of the molecule is COC(=O)c1ccc2c(=O)n(CC3CCCO3)c(SC(C)C(=O)c3ccc(F)c(F)c3)nc2c1. The molecule has 3 aromatic rings. The van der Waals surface area contributed by atoms with Gasteiger partial charge in [0.25, 0.3) is 5.56 Å². The Hall–Kier alpha value is -3.11. The summed E-state index contributed by atoms with van der Waals surface area (Å²) in [5.41, 5.74) is 0.208. The van der Waals surface area contributed by atoms with E-state index in [1.165, 1.54) is 35.9 Å². The first kappa shape index (κ1) is 24.0. The highest BCUT2D eigenvalue weighted by molar-refractivity contribution is 8.00. The highest BCUT2D eigenvalue weighted by Crippen LogP contribution is 2.27. The number of hydrogen-bond donors (Lipinski definition) is 0. The maximum atomic E-state index is 13.6. The smallest absolute Gasteiger partial charge is 0.337 e. The van der Waals surface area contributed by atoms with Crippen molar-refractivity contribution in [3.05, 3.63) is 69.5 Å². The van der Waals surface area contributed by atoms with Crippen LogP contribution in [0.5, 0.6) is 0 Å². The molecule has 0 saturated carbocycles. The quantitative estimate of drug-likeness (QED) is 0.215. The molecule has 0 amide bonds. The fourth-order valence-electron chi connectivity index (χ4n) is 3.78. The molecule has 1 aliphatic rings. The average Bonchev–Trinajstić information content (AvgIpc) is 3.35. The fourth-order valence-corrected chi connectivity index (χ4v) is 4.78. The van der Waals surface area contributed by atoms with Gasteiger partial charge in [-0.3, -0.25) is 14.2 Å². The van der Waals surface area contributed by atoms with Gasteiger partial charge in [0, 0.05) is 12.2 Å². The lowest BCUT2D eigenvalue weighted by molar-refractivity contribution is 0.0600. The second-order valence-corrected chi connectivity index (χ2v) is 9.23. The summed E-state index contributed by atoms with van der Waals surface area (Å²) in [7, 11) is 1.26. The van der Waals surface area contributed by atoms with Crippen LogP contribution in [0, 0.1) is 11.6 Å². The van der Waals surface area contributed by atoms with Gasteiger partial charge in [0.1, 0.15) is 0 Å². The summed E-state index contributed by atoms with van der Waals surface area (Å²) >= 11 is 1.03. The maximum absolute atomic E-state index is 13.6. The standard InChI is InChI=1S/C24H22F2N2O5S/c1-13(21(29)14-6-8-18(25)19(26)10-14)34-24-27-20-11-15(23(31)32-2)5-7-17(20)22(30)28(24)12-16-4-3-9-33-16/h5-8,10-11,13,16H,3-4,9,12H2,1-2H3. The Bertz CT molecular complexity index is 1320. The van der Waals surface area contributed by atoms with Crippen LogP contribution in [0.2, 0.25) is 0 Å². The zero-order valence-corrected chi connectivity index (χ0v) is 19.4. The van der Waals surface area contributed by atoms with E-state index in [-0.39, 0.29) is 40.0 Å². The van der Waals surface area contributed by atoms with Crippen LogP contribution in [-0.4, -0.2) is 46.4 Å². The van der Waals surface area contributed by atoms with Gasteiger partial charge in [-0.15, -0.1) is 0 Å². The zero-order valence-electron chi connectivity index (χ0n) is 18.5. The van der Waals surface area contributed by atoms with Gasteiger partial charge >= 0.3 is 5.97 Å². The minimum Gasteiger partial charge on any atom is -0.465 e. The third kappa shape index (κ3) is 4.88. The van der Waals surface area contributed by atoms with Crippen LogP contribution in [0.25, 0.3) is 10.9 Å². The summed E-state index contributed by atoms with van der Waals surface area (Å²) in [6.45, 7) is 2.47. The Labute approximate surface area is 198 Å². The normalized spacial score (nSPS) is 16.5. The van der Waals surface area contributed by atoms with Crippen LogP contribution >= 0.6 is 11.8 Å². The predicted molar refractivity (Wildman–Crippen MR) is 122 cm³/mol. The van der Waals surface area contributed by atoms with Gasteiger partial charge < -0.3 is 9.47 Å². The molecule has 1 fully saturated rings. The molecule has 4 rings (SSSR count). The van der Waals surface area contributed by atoms with Crippen molar-refractivity contribution in [3.8, 4) is 0 Å². The number of aromatic nitrogens is 2. The number of thioether (sulfide) groups is 1. The van der Waals surface area contributed by atoms with Crippen molar-refractivity contribution in [1.29, 1.82) is 0 Å². The molecule has 1 aromatic heterocycles. The molecule has 2 heterocycles. The molecule has 0 radical (unpaired) electrons. The number of methoxy groups -OCH3 is 1. The second-order valence-electron chi connectivity index (χ2n) is 7.92. The number of nitrogens with zero attached hydrogens (tertiary/aromatic N) is 2. The monoisotopic (exact) mass is 488 g/mol. The van der Waals surface area contributed by atoms with Crippen LogP contribution in [0.3, 0.4) is 0 Å². The molecule has 1 saturated heterocycles. The lowest BCUT2D eigenvalue weighted by atomic mass is 10.1. The van der Waals surface area contributed by atoms with E-state index in [1.807, 2.05) is 0 Å². The van der Waals surface area contributed by atoms with E-state index in [1.54, 1.807) is 6.92 Å². The van der Waals surface area contributed by atoms with Gasteiger partial charge in [-0.1, -0.05) is 11.8 Å². The predicted octanol–water partition coefficient (Wildman–Crippen LogP) is 4.00. The Morgan fingerprint density at radius 1 is 1.21 bits per heavy atom. The number of ether oxygens (including phenoxy) is 2. The van der Waals surface area contributed by atoms with Crippen molar-refractivity contribution in [3.63, 3.8) is 0 Å². The largest absolute Gasteiger partial charge is 0.465 e. The lowest BCUT2D eigenvalue weighted by Gasteiger charge is -2.18. The van der Waals surface area contributed by atoms with E-state index < -0.39 is 28.6 Å². The number of fused-ring (bicyclic) bond motifs is 1. The minimum absolute atomic E-state index is 0.0145. The molecule has 10 heteroatoms. The number of rotatable bonds is 7. The van der Waals surface area contributed by atoms with Gasteiger partial charge in [-0.25, -0.2) is 18.6 Å². The third-order valence-electron chi connectivity index (χ3n) is 5.61. The van der Waals surface area contributed by atoms with Crippen molar-refractivity contribution in [2.24, 2.45) is 0 Å². The Balaban J connectivity index is 1.74.